The molecule has 3 rings (SSSR count). The van der Waals surface area contributed by atoms with E-state index in [0.29, 0.717) is 6.54 Å². The van der Waals surface area contributed by atoms with Crippen LogP contribution >= 0.6 is 0 Å². The smallest absolute Gasteiger partial charge is 0.161 e. The predicted molar refractivity (Wildman–Crippen MR) is 88.1 cm³/mol. The largest absolute Gasteiger partial charge is 0.391 e. The molecule has 122 valence electrons. The summed E-state index contributed by atoms with van der Waals surface area (Å²) in [6.07, 6.45) is 6.02. The van der Waals surface area contributed by atoms with Crippen LogP contribution in [0.4, 0.5) is 0 Å². The van der Waals surface area contributed by atoms with Gasteiger partial charge in [-0.1, -0.05) is 0 Å². The Hall–Kier alpha value is -1.98. The molecule has 5 nitrogen and oxygen atoms in total. The lowest BCUT2D eigenvalue weighted by Gasteiger charge is -2.16. The van der Waals surface area contributed by atoms with Crippen molar-refractivity contribution in [2.45, 2.75) is 26.0 Å². The Morgan fingerprint density at radius 1 is 1.35 bits per heavy atom. The number of aliphatic hydroxyl groups excluding tert-OH is 1. The predicted octanol–water partition coefficient (Wildman–Crippen LogP) is 1.66. The van der Waals surface area contributed by atoms with E-state index in [1.54, 1.807) is 19.3 Å². The molecular weight excluding hydrogens is 290 g/mol. The number of aryl methyl sites for hydroxylation is 1. The van der Waals surface area contributed by atoms with Gasteiger partial charge in [-0.2, -0.15) is 0 Å². The molecular formula is C18H23N3O2. The minimum atomic E-state index is -0.310. The van der Waals surface area contributed by atoms with Crippen LogP contribution in [-0.2, 0) is 20.0 Å². The highest BCUT2D eigenvalue weighted by molar-refractivity contribution is 5.94. The Morgan fingerprint density at radius 2 is 2.09 bits per heavy atom. The fraction of sp³-hybridized carbons (Fsp3) is 0.444. The Kier molecular flexibility index (Phi) is 4.59. The summed E-state index contributed by atoms with van der Waals surface area (Å²) in [5.74, 6) is 0.328. The normalized spacial score (nSPS) is 21.7. The number of likely N-dealkylation sites (tertiary alicyclic amines) is 1. The molecule has 5 heteroatoms. The number of hydrogen-bond acceptors (Lipinski definition) is 4. The zero-order valence-electron chi connectivity index (χ0n) is 13.6. The van der Waals surface area contributed by atoms with E-state index in [0.717, 1.165) is 30.8 Å². The highest BCUT2D eigenvalue weighted by Crippen LogP contribution is 2.23. The van der Waals surface area contributed by atoms with Crippen LogP contribution in [0.3, 0.4) is 0 Å². The van der Waals surface area contributed by atoms with Gasteiger partial charge in [-0.05, 0) is 37.1 Å². The van der Waals surface area contributed by atoms with Gasteiger partial charge in [0.25, 0.3) is 0 Å². The molecule has 1 saturated heterocycles. The van der Waals surface area contributed by atoms with Crippen molar-refractivity contribution in [3.63, 3.8) is 0 Å². The van der Waals surface area contributed by atoms with Crippen molar-refractivity contribution in [3.05, 3.63) is 53.6 Å². The molecule has 1 N–H and O–H groups in total. The van der Waals surface area contributed by atoms with Crippen molar-refractivity contribution in [1.29, 1.82) is 0 Å². The second-order valence-corrected chi connectivity index (χ2v) is 6.47. The number of β-amino-alcohol motifs (C(OH)–C–C–N with tert-alkyl or cyclic N) is 1. The van der Waals surface area contributed by atoms with Crippen LogP contribution in [0.1, 0.15) is 28.5 Å². The SMILES string of the molecule is CC(=O)c1cc(CN2C[C@@H](Cc3ccncc3)[C@H](O)C2)n(C)c1. The van der Waals surface area contributed by atoms with Crippen molar-refractivity contribution in [3.8, 4) is 0 Å². The van der Waals surface area contributed by atoms with Crippen LogP contribution in [0.25, 0.3) is 0 Å². The second-order valence-electron chi connectivity index (χ2n) is 6.47. The highest BCUT2D eigenvalue weighted by Gasteiger charge is 2.31. The number of aromatic nitrogens is 2. The van der Waals surface area contributed by atoms with E-state index in [1.165, 1.54) is 5.56 Å². The lowest BCUT2D eigenvalue weighted by molar-refractivity contribution is 0.101. The third-order valence-electron chi connectivity index (χ3n) is 4.63. The highest BCUT2D eigenvalue weighted by atomic mass is 16.3. The number of nitrogens with zero attached hydrogens (tertiary/aromatic N) is 3. The molecule has 23 heavy (non-hydrogen) atoms. The molecule has 1 aliphatic heterocycles. The summed E-state index contributed by atoms with van der Waals surface area (Å²) in [5, 5.41) is 10.3. The molecule has 0 radical (unpaired) electrons. The summed E-state index contributed by atoms with van der Waals surface area (Å²) in [6.45, 7) is 3.89. The number of carbonyl (C=O) groups is 1. The molecule has 0 amide bonds. The van der Waals surface area contributed by atoms with Gasteiger partial charge in [-0.3, -0.25) is 14.7 Å². The summed E-state index contributed by atoms with van der Waals surface area (Å²) in [6, 6.07) is 5.96. The van der Waals surface area contributed by atoms with Crippen molar-refractivity contribution in [2.24, 2.45) is 13.0 Å². The van der Waals surface area contributed by atoms with Crippen molar-refractivity contribution in [2.75, 3.05) is 13.1 Å². The zero-order valence-corrected chi connectivity index (χ0v) is 13.6. The van der Waals surface area contributed by atoms with Crippen LogP contribution in [0.15, 0.2) is 36.8 Å². The fourth-order valence-corrected chi connectivity index (χ4v) is 3.28. The minimum Gasteiger partial charge on any atom is -0.391 e. The minimum absolute atomic E-state index is 0.0869. The number of aliphatic hydroxyl groups is 1. The van der Waals surface area contributed by atoms with Gasteiger partial charge in [0, 0.05) is 62.4 Å². The first-order chi connectivity index (χ1) is 11.0. The first-order valence-corrected chi connectivity index (χ1v) is 7.98. The number of hydrogen-bond donors (Lipinski definition) is 1. The van der Waals surface area contributed by atoms with E-state index in [-0.39, 0.29) is 17.8 Å². The molecule has 0 spiro atoms. The van der Waals surface area contributed by atoms with E-state index in [1.807, 2.05) is 36.0 Å². The summed E-state index contributed by atoms with van der Waals surface area (Å²) in [7, 11) is 1.96. The first-order valence-electron chi connectivity index (χ1n) is 7.98. The van der Waals surface area contributed by atoms with E-state index >= 15 is 0 Å². The van der Waals surface area contributed by atoms with E-state index in [9.17, 15) is 9.90 Å². The standard InChI is InChI=1S/C18H23N3O2/c1-13(22)15-8-17(20(2)9-15)11-21-10-16(18(23)12-21)7-14-3-5-19-6-4-14/h3-6,8-9,16,18,23H,7,10-12H2,1-2H3/t16-,18-/m1/s1. The van der Waals surface area contributed by atoms with Crippen LogP contribution in [-0.4, -0.2) is 44.5 Å². The topological polar surface area (TPSA) is 58.4 Å². The third kappa shape index (κ3) is 3.68. The lowest BCUT2D eigenvalue weighted by Crippen LogP contribution is -2.22. The molecule has 0 aromatic carbocycles. The molecule has 3 heterocycles. The summed E-state index contributed by atoms with van der Waals surface area (Å²) in [5.41, 5.74) is 3.06. The monoisotopic (exact) mass is 313 g/mol. The molecule has 0 unspecified atom stereocenters. The maximum atomic E-state index is 11.5. The van der Waals surface area contributed by atoms with Gasteiger partial charge in [0.2, 0.25) is 0 Å². The Morgan fingerprint density at radius 3 is 2.74 bits per heavy atom. The average molecular weight is 313 g/mol. The summed E-state index contributed by atoms with van der Waals surface area (Å²) in [4.78, 5) is 17.8. The van der Waals surface area contributed by atoms with Gasteiger partial charge in [0.05, 0.1) is 6.10 Å². The number of Topliss-reactive ketones (excluding diaryl/α,β-unsaturated/α-hetero) is 1. The summed E-state index contributed by atoms with van der Waals surface area (Å²) >= 11 is 0. The van der Waals surface area contributed by atoms with Crippen molar-refractivity contribution < 1.29 is 9.90 Å². The van der Waals surface area contributed by atoms with Crippen LogP contribution in [0.5, 0.6) is 0 Å². The Balaban J connectivity index is 1.63. The third-order valence-corrected chi connectivity index (χ3v) is 4.63. The van der Waals surface area contributed by atoms with Crippen LogP contribution in [0, 0.1) is 5.92 Å². The maximum Gasteiger partial charge on any atom is 0.161 e. The second kappa shape index (κ2) is 6.64. The molecule has 0 saturated carbocycles. The number of rotatable bonds is 5. The van der Waals surface area contributed by atoms with Crippen molar-refractivity contribution >= 4 is 5.78 Å². The van der Waals surface area contributed by atoms with E-state index < -0.39 is 0 Å². The lowest BCUT2D eigenvalue weighted by atomic mass is 9.97. The number of carbonyl (C=O) groups excluding carboxylic acids is 1. The van der Waals surface area contributed by atoms with Gasteiger partial charge in [0.15, 0.2) is 5.78 Å². The van der Waals surface area contributed by atoms with Crippen molar-refractivity contribution in [1.82, 2.24) is 14.5 Å². The molecule has 2 atom stereocenters. The molecule has 1 aliphatic rings. The average Bonchev–Trinajstić information content (AvgIpc) is 3.04. The van der Waals surface area contributed by atoms with E-state index in [4.69, 9.17) is 0 Å². The zero-order chi connectivity index (χ0) is 16.4. The van der Waals surface area contributed by atoms with Gasteiger partial charge < -0.3 is 9.67 Å². The first kappa shape index (κ1) is 15.9. The van der Waals surface area contributed by atoms with Gasteiger partial charge in [-0.25, -0.2) is 0 Å². The van der Waals surface area contributed by atoms with Gasteiger partial charge in [0.1, 0.15) is 0 Å². The number of ketones is 1. The number of pyridine rings is 1. The van der Waals surface area contributed by atoms with Crippen LogP contribution in [0.2, 0.25) is 0 Å². The quantitative estimate of drug-likeness (QED) is 0.853. The summed E-state index contributed by atoms with van der Waals surface area (Å²) < 4.78 is 2.00. The molecule has 2 aromatic rings. The molecule has 1 fully saturated rings. The van der Waals surface area contributed by atoms with Gasteiger partial charge in [-0.15, -0.1) is 0 Å². The molecule has 0 aliphatic carbocycles. The van der Waals surface area contributed by atoms with Gasteiger partial charge >= 0.3 is 0 Å². The molecule has 0 bridgehead atoms. The van der Waals surface area contributed by atoms with Crippen LogP contribution < -0.4 is 0 Å². The Labute approximate surface area is 136 Å². The fourth-order valence-electron chi connectivity index (χ4n) is 3.28. The Bertz CT molecular complexity index is 681. The maximum absolute atomic E-state index is 11.5. The van der Waals surface area contributed by atoms with E-state index in [2.05, 4.69) is 9.88 Å². The molecule has 2 aromatic heterocycles.